The molecule has 0 aliphatic heterocycles. The van der Waals surface area contributed by atoms with Crippen molar-refractivity contribution < 1.29 is 36.2 Å². The molecule has 0 aliphatic carbocycles. The molecule has 0 aromatic carbocycles. The third-order valence-electron chi connectivity index (χ3n) is 0.908. The number of hydrogen-bond acceptors (Lipinski definition) is 2. The van der Waals surface area contributed by atoms with Gasteiger partial charge >= 0.3 is 34.4 Å². The summed E-state index contributed by atoms with van der Waals surface area (Å²) in [6, 6.07) is 0. The molecule has 0 unspecified atom stereocenters. The van der Waals surface area contributed by atoms with Gasteiger partial charge in [-0.1, -0.05) is 13.3 Å². The number of carbonyl (C=O) groups excluding carboxylic acids is 2. The van der Waals surface area contributed by atoms with Gasteiger partial charge in [0.25, 0.3) is 0 Å². The number of carbonyl (C=O) groups is 2. The summed E-state index contributed by atoms with van der Waals surface area (Å²) in [5, 5.41) is 0. The summed E-state index contributed by atoms with van der Waals surface area (Å²) in [7, 11) is -10.7. The van der Waals surface area contributed by atoms with E-state index < -0.39 is 7.81 Å². The molecule has 0 aromatic heterocycles. The zero-order valence-corrected chi connectivity index (χ0v) is 8.62. The minimum absolute atomic E-state index is 0. The Balaban J connectivity index is -0.000000200. The number of halogens is 6. The fraction of sp³-hybridized carbons (Fsp3) is 0.667. The average molecular weight is 260 g/mol. The SMILES string of the molecule is CCCCC(=O)C=O.F[P-](F)(F)(F)(F)F.[H+]. The molecule has 15 heavy (non-hydrogen) atoms. The van der Waals surface area contributed by atoms with Crippen LogP contribution in [-0.2, 0) is 9.59 Å². The second-order valence-electron chi connectivity index (χ2n) is 2.65. The van der Waals surface area contributed by atoms with E-state index in [2.05, 4.69) is 0 Å². The van der Waals surface area contributed by atoms with Crippen LogP contribution < -0.4 is 0 Å². The number of Topliss-reactive ketones (excluding diaryl/α,β-unsaturated/α-hetero) is 1. The molecule has 2 nitrogen and oxygen atoms in total. The quantitative estimate of drug-likeness (QED) is 0.324. The van der Waals surface area contributed by atoms with Crippen molar-refractivity contribution >= 4 is 19.9 Å². The maximum atomic E-state index is 10.2. The predicted octanol–water partition coefficient (Wildman–Crippen LogP) is 4.44. The first-order valence-corrected chi connectivity index (χ1v) is 5.83. The Labute approximate surface area is 83.4 Å². The van der Waals surface area contributed by atoms with Crippen LogP contribution in [0.2, 0.25) is 0 Å². The van der Waals surface area contributed by atoms with Gasteiger partial charge in [0.1, 0.15) is 0 Å². The molecule has 0 amide bonds. The molecule has 0 aliphatic rings. The third-order valence-corrected chi connectivity index (χ3v) is 0.908. The topological polar surface area (TPSA) is 34.1 Å². The zero-order valence-electron chi connectivity index (χ0n) is 8.73. The van der Waals surface area contributed by atoms with Crippen molar-refractivity contribution in [3.63, 3.8) is 0 Å². The number of rotatable bonds is 4. The molecule has 0 spiro atoms. The normalized spacial score (nSPS) is 15.4. The first kappa shape index (κ1) is 16.8. The number of aldehydes is 1. The van der Waals surface area contributed by atoms with Gasteiger partial charge in [-0.2, -0.15) is 0 Å². The first-order chi connectivity index (χ1) is 6.26. The fourth-order valence-electron chi connectivity index (χ4n) is 0.410. The fourth-order valence-corrected chi connectivity index (χ4v) is 0.410. The number of ketones is 1. The van der Waals surface area contributed by atoms with Crippen molar-refractivity contribution in [3.05, 3.63) is 0 Å². The third kappa shape index (κ3) is 60.1. The second kappa shape index (κ2) is 4.47. The van der Waals surface area contributed by atoms with Crippen LogP contribution in [0.25, 0.3) is 0 Å². The largest absolute Gasteiger partial charge is 1.00 e. The van der Waals surface area contributed by atoms with Crippen molar-refractivity contribution in [1.82, 2.24) is 0 Å². The Bertz CT molecular complexity index is 223. The van der Waals surface area contributed by atoms with Gasteiger partial charge in [0.05, 0.1) is 0 Å². The molecule has 0 aromatic rings. The number of hydrogen-bond donors (Lipinski definition) is 0. The van der Waals surface area contributed by atoms with Crippen molar-refractivity contribution in [2.24, 2.45) is 0 Å². The van der Waals surface area contributed by atoms with Gasteiger partial charge in [0, 0.05) is 6.42 Å². The summed E-state index contributed by atoms with van der Waals surface area (Å²) in [6.45, 7) is 1.98. The van der Waals surface area contributed by atoms with Crippen LogP contribution in [-0.4, -0.2) is 12.1 Å². The van der Waals surface area contributed by atoms with Crippen molar-refractivity contribution in [2.45, 2.75) is 26.2 Å². The average Bonchev–Trinajstić information content (AvgIpc) is 1.94. The molecule has 0 saturated heterocycles. The Morgan fingerprint density at radius 2 is 1.53 bits per heavy atom. The van der Waals surface area contributed by atoms with Crippen LogP contribution in [0.3, 0.4) is 0 Å². The predicted molar refractivity (Wildman–Crippen MR) is 45.3 cm³/mol. The summed E-state index contributed by atoms with van der Waals surface area (Å²) < 4.78 is 59.2. The molecule has 0 saturated carbocycles. The maximum Gasteiger partial charge on any atom is 1.00 e. The Morgan fingerprint density at radius 3 is 1.73 bits per heavy atom. The summed E-state index contributed by atoms with van der Waals surface area (Å²) >= 11 is 0. The molecular formula is C6H11F6O2P. The van der Waals surface area contributed by atoms with E-state index in [1.165, 1.54) is 0 Å². The first-order valence-electron chi connectivity index (χ1n) is 3.80. The molecule has 0 heterocycles. The van der Waals surface area contributed by atoms with E-state index in [1.54, 1.807) is 0 Å². The van der Waals surface area contributed by atoms with E-state index in [0.29, 0.717) is 12.7 Å². The van der Waals surface area contributed by atoms with E-state index in [4.69, 9.17) is 0 Å². The van der Waals surface area contributed by atoms with Gasteiger partial charge in [0.15, 0.2) is 12.1 Å². The van der Waals surface area contributed by atoms with Gasteiger partial charge in [0.2, 0.25) is 0 Å². The van der Waals surface area contributed by atoms with E-state index >= 15 is 0 Å². The molecule has 0 atom stereocenters. The standard InChI is InChI=1S/C6H10O2.F6P/c1-2-3-4-6(8)5-7;1-7(2,3,4,5)6/h5H,2-4H2,1H3;/q;-1/p+1. The summed E-state index contributed by atoms with van der Waals surface area (Å²) in [4.78, 5) is 19.9. The van der Waals surface area contributed by atoms with E-state index in [-0.39, 0.29) is 7.21 Å². The summed E-state index contributed by atoms with van der Waals surface area (Å²) in [5.41, 5.74) is 0. The monoisotopic (exact) mass is 260 g/mol. The zero-order chi connectivity index (χ0) is 12.8. The van der Waals surface area contributed by atoms with Gasteiger partial charge < -0.3 is 0 Å². The van der Waals surface area contributed by atoms with E-state index in [0.717, 1.165) is 12.8 Å². The van der Waals surface area contributed by atoms with Crippen LogP contribution in [0.1, 0.15) is 27.6 Å². The molecule has 9 heteroatoms. The minimum atomic E-state index is -10.7. The van der Waals surface area contributed by atoms with E-state index in [9.17, 15) is 34.8 Å². The van der Waals surface area contributed by atoms with Crippen LogP contribution in [0.5, 0.6) is 0 Å². The summed E-state index contributed by atoms with van der Waals surface area (Å²) in [5.74, 6) is -0.285. The Morgan fingerprint density at radius 1 is 1.20 bits per heavy atom. The molecule has 0 bridgehead atoms. The minimum Gasteiger partial charge on any atom is 1.00 e. The van der Waals surface area contributed by atoms with Crippen LogP contribution >= 0.6 is 7.81 Å². The smallest absolute Gasteiger partial charge is 1.00 e. The Kier molecular flexibility index (Phi) is 4.99. The second-order valence-corrected chi connectivity index (χ2v) is 4.56. The van der Waals surface area contributed by atoms with Crippen molar-refractivity contribution in [1.29, 1.82) is 0 Å². The molecule has 0 N–H and O–H groups in total. The molecule has 0 rings (SSSR count). The van der Waals surface area contributed by atoms with Gasteiger partial charge in [-0.3, -0.25) is 9.59 Å². The van der Waals surface area contributed by atoms with Gasteiger partial charge in [-0.15, -0.1) is 0 Å². The Hall–Kier alpha value is -0.650. The van der Waals surface area contributed by atoms with Crippen molar-refractivity contribution in [2.75, 3.05) is 0 Å². The maximum absolute atomic E-state index is 10.7. The van der Waals surface area contributed by atoms with Crippen LogP contribution in [0.4, 0.5) is 25.2 Å². The van der Waals surface area contributed by atoms with Crippen LogP contribution in [0.15, 0.2) is 0 Å². The molecule has 0 fully saturated rings. The summed E-state index contributed by atoms with van der Waals surface area (Å²) in [6.07, 6.45) is 2.60. The molecule has 0 radical (unpaired) electrons. The molecule has 94 valence electrons. The van der Waals surface area contributed by atoms with E-state index in [1.807, 2.05) is 6.92 Å². The number of unbranched alkanes of at least 4 members (excludes halogenated alkanes) is 1. The molecular weight excluding hydrogens is 249 g/mol. The van der Waals surface area contributed by atoms with Gasteiger partial charge in [-0.05, 0) is 6.42 Å². The van der Waals surface area contributed by atoms with Crippen LogP contribution in [0, 0.1) is 0 Å². The van der Waals surface area contributed by atoms with Crippen molar-refractivity contribution in [3.8, 4) is 0 Å². The van der Waals surface area contributed by atoms with Gasteiger partial charge in [-0.25, -0.2) is 0 Å².